The van der Waals surface area contributed by atoms with Crippen molar-refractivity contribution in [2.75, 3.05) is 13.6 Å². The van der Waals surface area contributed by atoms with E-state index in [1.54, 1.807) is 18.9 Å². The number of amides is 1. The van der Waals surface area contributed by atoms with Gasteiger partial charge in [-0.2, -0.15) is 5.10 Å². The Balaban J connectivity index is 1.79. The number of nitrogens with zero attached hydrogens (tertiary/aromatic N) is 5. The van der Waals surface area contributed by atoms with E-state index in [2.05, 4.69) is 26.1 Å². The molecule has 0 bridgehead atoms. The number of likely N-dealkylation sites (N-methyl/N-ethyl adjacent to an activating group) is 1. The summed E-state index contributed by atoms with van der Waals surface area (Å²) in [7, 11) is 1.80. The monoisotopic (exact) mass is 291 g/mol. The molecule has 7 nitrogen and oxygen atoms in total. The molecule has 0 saturated carbocycles. The number of carbonyl (C=O) groups excluding carboxylic acids is 1. The number of aryl methyl sites for hydroxylation is 4. The zero-order chi connectivity index (χ0) is 15.4. The van der Waals surface area contributed by atoms with Gasteiger partial charge in [0.05, 0.1) is 12.1 Å². The highest BCUT2D eigenvalue weighted by Gasteiger charge is 2.14. The Morgan fingerprint density at radius 1 is 1.33 bits per heavy atom. The van der Waals surface area contributed by atoms with E-state index in [4.69, 9.17) is 0 Å². The third kappa shape index (κ3) is 3.90. The van der Waals surface area contributed by atoms with Crippen LogP contribution in [-0.4, -0.2) is 44.5 Å². The van der Waals surface area contributed by atoms with E-state index < -0.39 is 0 Å². The molecule has 1 amide bonds. The molecule has 0 radical (unpaired) electrons. The van der Waals surface area contributed by atoms with Gasteiger partial charge in [-0.25, -0.2) is 4.63 Å². The van der Waals surface area contributed by atoms with Crippen LogP contribution < -0.4 is 0 Å². The van der Waals surface area contributed by atoms with Crippen molar-refractivity contribution in [1.29, 1.82) is 0 Å². The molecule has 0 atom stereocenters. The smallest absolute Gasteiger partial charge is 0.228 e. The van der Waals surface area contributed by atoms with E-state index in [1.807, 2.05) is 18.5 Å². The lowest BCUT2D eigenvalue weighted by molar-refractivity contribution is -0.129. The molecule has 2 rings (SSSR count). The summed E-state index contributed by atoms with van der Waals surface area (Å²) in [6.45, 7) is 7.29. The third-order valence-corrected chi connectivity index (χ3v) is 3.46. The maximum Gasteiger partial charge on any atom is 0.228 e. The molecule has 0 spiro atoms. The lowest BCUT2D eigenvalue weighted by Gasteiger charge is -2.16. The molecular weight excluding hydrogens is 270 g/mol. The fraction of sp³-hybridized carbons (Fsp3) is 0.571. The molecule has 0 aromatic carbocycles. The van der Waals surface area contributed by atoms with Crippen LogP contribution >= 0.6 is 0 Å². The molecule has 0 saturated heterocycles. The average Bonchev–Trinajstić information content (AvgIpc) is 2.96. The quantitative estimate of drug-likeness (QED) is 0.801. The van der Waals surface area contributed by atoms with Gasteiger partial charge in [-0.15, -0.1) is 0 Å². The Morgan fingerprint density at radius 2 is 2.10 bits per heavy atom. The normalized spacial score (nSPS) is 10.9. The molecule has 0 aliphatic carbocycles. The number of carbonyl (C=O) groups is 1. The van der Waals surface area contributed by atoms with Crippen LogP contribution in [0.3, 0.4) is 0 Å². The summed E-state index contributed by atoms with van der Waals surface area (Å²) in [6.07, 6.45) is 1.09. The van der Waals surface area contributed by atoms with Gasteiger partial charge in [0, 0.05) is 25.8 Å². The first-order chi connectivity index (χ1) is 9.97. The van der Waals surface area contributed by atoms with Crippen LogP contribution in [-0.2, 0) is 17.8 Å². The molecule has 0 N–H and O–H groups in total. The van der Waals surface area contributed by atoms with Gasteiger partial charge in [0.2, 0.25) is 5.91 Å². The molecule has 7 heteroatoms. The summed E-state index contributed by atoms with van der Waals surface area (Å²) < 4.78 is 6.57. The summed E-state index contributed by atoms with van der Waals surface area (Å²) in [5.41, 5.74) is 3.43. The first-order valence-electron chi connectivity index (χ1n) is 7.00. The molecule has 0 aliphatic rings. The van der Waals surface area contributed by atoms with Crippen molar-refractivity contribution in [3.8, 4) is 0 Å². The van der Waals surface area contributed by atoms with Gasteiger partial charge < -0.3 is 4.90 Å². The standard InChI is InChI=1S/C14H21N5O2/c1-10-8-11(2)19(15-10)7-5-6-18(4)14(20)9-13-12(3)16-21-17-13/h8H,5-7,9H2,1-4H3. The van der Waals surface area contributed by atoms with E-state index in [1.165, 1.54) is 0 Å². The van der Waals surface area contributed by atoms with Crippen molar-refractivity contribution in [3.63, 3.8) is 0 Å². The minimum absolute atomic E-state index is 0.0159. The fourth-order valence-electron chi connectivity index (χ4n) is 2.17. The van der Waals surface area contributed by atoms with Gasteiger partial charge in [-0.05, 0) is 33.3 Å². The predicted molar refractivity (Wildman–Crippen MR) is 76.7 cm³/mol. The van der Waals surface area contributed by atoms with Crippen molar-refractivity contribution in [2.45, 2.75) is 40.2 Å². The molecule has 2 aromatic heterocycles. The number of hydrogen-bond donors (Lipinski definition) is 0. The largest absolute Gasteiger partial charge is 0.345 e. The lowest BCUT2D eigenvalue weighted by Crippen LogP contribution is -2.30. The third-order valence-electron chi connectivity index (χ3n) is 3.46. The summed E-state index contributed by atoms with van der Waals surface area (Å²) in [6, 6.07) is 2.05. The van der Waals surface area contributed by atoms with Gasteiger partial charge in [0.1, 0.15) is 11.4 Å². The zero-order valence-corrected chi connectivity index (χ0v) is 13.0. The van der Waals surface area contributed by atoms with E-state index >= 15 is 0 Å². The molecular formula is C14H21N5O2. The topological polar surface area (TPSA) is 77.0 Å². The van der Waals surface area contributed by atoms with Crippen molar-refractivity contribution in [1.82, 2.24) is 25.0 Å². The van der Waals surface area contributed by atoms with Crippen LogP contribution in [0.2, 0.25) is 0 Å². The molecule has 0 aliphatic heterocycles. The van der Waals surface area contributed by atoms with E-state index in [9.17, 15) is 4.79 Å². The Bertz CT molecular complexity index is 617. The highest BCUT2D eigenvalue weighted by atomic mass is 16.6. The van der Waals surface area contributed by atoms with E-state index in [0.717, 1.165) is 24.4 Å². The highest BCUT2D eigenvalue weighted by Crippen LogP contribution is 2.05. The summed E-state index contributed by atoms with van der Waals surface area (Å²) >= 11 is 0. The Hall–Kier alpha value is -2.18. The summed E-state index contributed by atoms with van der Waals surface area (Å²) in [5, 5.41) is 11.8. The number of rotatable bonds is 6. The summed E-state index contributed by atoms with van der Waals surface area (Å²) in [5.74, 6) is 0.0159. The first-order valence-corrected chi connectivity index (χ1v) is 7.00. The minimum atomic E-state index is 0.0159. The Morgan fingerprint density at radius 3 is 2.67 bits per heavy atom. The van der Waals surface area contributed by atoms with Crippen LogP contribution in [0.25, 0.3) is 0 Å². The van der Waals surface area contributed by atoms with Gasteiger partial charge in [0.25, 0.3) is 0 Å². The second kappa shape index (κ2) is 6.51. The van der Waals surface area contributed by atoms with E-state index in [-0.39, 0.29) is 12.3 Å². The van der Waals surface area contributed by atoms with Crippen molar-refractivity contribution < 1.29 is 9.42 Å². The number of aromatic nitrogens is 4. The zero-order valence-electron chi connectivity index (χ0n) is 13.0. The van der Waals surface area contributed by atoms with Crippen molar-refractivity contribution in [2.24, 2.45) is 0 Å². The maximum absolute atomic E-state index is 12.1. The van der Waals surface area contributed by atoms with Crippen molar-refractivity contribution >= 4 is 5.91 Å². The van der Waals surface area contributed by atoms with E-state index in [0.29, 0.717) is 17.9 Å². The molecule has 0 fully saturated rings. The van der Waals surface area contributed by atoms with Crippen LogP contribution in [0.4, 0.5) is 0 Å². The van der Waals surface area contributed by atoms with Crippen LogP contribution in [0.5, 0.6) is 0 Å². The summed E-state index contributed by atoms with van der Waals surface area (Å²) in [4.78, 5) is 13.8. The number of hydrogen-bond acceptors (Lipinski definition) is 5. The van der Waals surface area contributed by atoms with Crippen LogP contribution in [0, 0.1) is 20.8 Å². The van der Waals surface area contributed by atoms with Crippen LogP contribution in [0.1, 0.15) is 29.2 Å². The Kier molecular flexibility index (Phi) is 4.72. The maximum atomic E-state index is 12.1. The molecule has 0 unspecified atom stereocenters. The fourth-order valence-corrected chi connectivity index (χ4v) is 2.17. The van der Waals surface area contributed by atoms with Gasteiger partial charge in [-0.1, -0.05) is 10.3 Å². The first kappa shape index (κ1) is 15.2. The Labute approximate surface area is 123 Å². The van der Waals surface area contributed by atoms with Gasteiger partial charge in [0.15, 0.2) is 0 Å². The predicted octanol–water partition coefficient (Wildman–Crippen LogP) is 1.28. The highest BCUT2D eigenvalue weighted by molar-refractivity contribution is 5.78. The van der Waals surface area contributed by atoms with Crippen molar-refractivity contribution in [3.05, 3.63) is 28.8 Å². The van der Waals surface area contributed by atoms with Gasteiger partial charge in [-0.3, -0.25) is 9.48 Å². The van der Waals surface area contributed by atoms with Crippen LogP contribution in [0.15, 0.2) is 10.7 Å². The molecule has 2 heterocycles. The minimum Gasteiger partial charge on any atom is -0.345 e. The van der Waals surface area contributed by atoms with Gasteiger partial charge >= 0.3 is 0 Å². The second-order valence-electron chi connectivity index (χ2n) is 5.29. The average molecular weight is 291 g/mol. The SMILES string of the molecule is Cc1cc(C)n(CCCN(C)C(=O)Cc2nonc2C)n1. The molecule has 2 aromatic rings. The lowest BCUT2D eigenvalue weighted by atomic mass is 10.2. The molecule has 114 valence electrons. The second-order valence-corrected chi connectivity index (χ2v) is 5.29. The molecule has 21 heavy (non-hydrogen) atoms.